The predicted molar refractivity (Wildman–Crippen MR) is 110 cm³/mol. The number of halogens is 1. The van der Waals surface area contributed by atoms with E-state index in [0.717, 1.165) is 28.4 Å². The van der Waals surface area contributed by atoms with Crippen molar-refractivity contribution in [2.45, 2.75) is 26.9 Å². The molecule has 3 rings (SSSR count). The van der Waals surface area contributed by atoms with Crippen LogP contribution in [0.4, 0.5) is 0 Å². The normalized spacial score (nSPS) is 11.1. The second-order valence-corrected chi connectivity index (χ2v) is 5.54. The first kappa shape index (κ1) is 19.9. The molecular formula is C17H22IN7O. The van der Waals surface area contributed by atoms with E-state index in [0.29, 0.717) is 19.0 Å². The van der Waals surface area contributed by atoms with Gasteiger partial charge in [0.1, 0.15) is 17.9 Å². The first-order valence-corrected chi connectivity index (χ1v) is 7.97. The molecule has 0 amide bonds. The van der Waals surface area contributed by atoms with E-state index in [1.165, 1.54) is 0 Å². The lowest BCUT2D eigenvalue weighted by molar-refractivity contribution is 0.392. The van der Waals surface area contributed by atoms with Crippen LogP contribution in [-0.2, 0) is 13.1 Å². The summed E-state index contributed by atoms with van der Waals surface area (Å²) >= 11 is 0. The Bertz CT molecular complexity index is 838. The second-order valence-electron chi connectivity index (χ2n) is 5.54. The number of hydrogen-bond acceptors (Lipinski definition) is 5. The van der Waals surface area contributed by atoms with Crippen molar-refractivity contribution in [3.8, 4) is 5.82 Å². The molecule has 0 aliphatic heterocycles. The summed E-state index contributed by atoms with van der Waals surface area (Å²) in [5, 5.41) is 10.5. The molecule has 0 radical (unpaired) electrons. The van der Waals surface area contributed by atoms with Crippen LogP contribution in [0.25, 0.3) is 5.82 Å². The summed E-state index contributed by atoms with van der Waals surface area (Å²) in [5.41, 5.74) is 2.97. The maximum atomic E-state index is 5.18. The molecule has 8 nitrogen and oxygen atoms in total. The third kappa shape index (κ3) is 4.59. The quantitative estimate of drug-likeness (QED) is 0.340. The Morgan fingerprint density at radius 3 is 2.69 bits per heavy atom. The number of aryl methyl sites for hydroxylation is 2. The summed E-state index contributed by atoms with van der Waals surface area (Å²) in [4.78, 5) is 12.8. The zero-order chi connectivity index (χ0) is 17.6. The topological polar surface area (TPSA) is 93.2 Å². The summed E-state index contributed by atoms with van der Waals surface area (Å²) in [5.74, 6) is 2.35. The number of hydrogen-bond donors (Lipinski definition) is 2. The van der Waals surface area contributed by atoms with Crippen LogP contribution in [0.2, 0.25) is 0 Å². The molecule has 0 spiro atoms. The van der Waals surface area contributed by atoms with Gasteiger partial charge in [0.05, 0.1) is 5.69 Å². The van der Waals surface area contributed by atoms with Crippen LogP contribution in [0.3, 0.4) is 0 Å². The minimum absolute atomic E-state index is 0. The first-order valence-electron chi connectivity index (χ1n) is 7.97. The summed E-state index contributed by atoms with van der Waals surface area (Å²) in [6.45, 7) is 5.02. The van der Waals surface area contributed by atoms with E-state index in [1.807, 2.05) is 36.7 Å². The smallest absolute Gasteiger partial charge is 0.191 e. The number of imidazole rings is 1. The van der Waals surface area contributed by atoms with Gasteiger partial charge < -0.3 is 15.2 Å². The molecule has 0 unspecified atom stereocenters. The average Bonchev–Trinajstić information content (AvgIpc) is 3.27. The second kappa shape index (κ2) is 9.32. The van der Waals surface area contributed by atoms with Gasteiger partial charge in [-0.05, 0) is 19.9 Å². The fraction of sp³-hybridized carbons (Fsp3) is 0.294. The van der Waals surface area contributed by atoms with Gasteiger partial charge in [0.15, 0.2) is 5.96 Å². The minimum atomic E-state index is 0. The number of nitrogens with zero attached hydrogens (tertiary/aromatic N) is 5. The highest BCUT2D eigenvalue weighted by Crippen LogP contribution is 2.12. The summed E-state index contributed by atoms with van der Waals surface area (Å²) in [6.07, 6.45) is 7.10. The summed E-state index contributed by atoms with van der Waals surface area (Å²) in [7, 11) is 1.74. The average molecular weight is 467 g/mol. The third-order valence-corrected chi connectivity index (χ3v) is 3.90. The van der Waals surface area contributed by atoms with Gasteiger partial charge >= 0.3 is 0 Å². The van der Waals surface area contributed by atoms with E-state index < -0.39 is 0 Å². The van der Waals surface area contributed by atoms with Crippen LogP contribution in [0.5, 0.6) is 0 Å². The molecule has 3 aromatic rings. The highest BCUT2D eigenvalue weighted by molar-refractivity contribution is 14.0. The fourth-order valence-corrected chi connectivity index (χ4v) is 2.51. The van der Waals surface area contributed by atoms with Crippen LogP contribution in [0, 0.1) is 13.8 Å². The third-order valence-electron chi connectivity index (χ3n) is 3.90. The van der Waals surface area contributed by atoms with Gasteiger partial charge in [0.2, 0.25) is 0 Å². The van der Waals surface area contributed by atoms with Crippen LogP contribution >= 0.6 is 24.0 Å². The molecular weight excluding hydrogens is 445 g/mol. The van der Waals surface area contributed by atoms with Gasteiger partial charge in [-0.1, -0.05) is 11.2 Å². The van der Waals surface area contributed by atoms with Crippen molar-refractivity contribution in [3.05, 3.63) is 59.6 Å². The van der Waals surface area contributed by atoms with E-state index in [2.05, 4.69) is 30.8 Å². The van der Waals surface area contributed by atoms with Gasteiger partial charge in [-0.25, -0.2) is 9.97 Å². The molecule has 9 heteroatoms. The number of nitrogens with one attached hydrogen (secondary N) is 2. The zero-order valence-corrected chi connectivity index (χ0v) is 17.3. The minimum Gasteiger partial charge on any atom is -0.361 e. The largest absolute Gasteiger partial charge is 0.361 e. The zero-order valence-electron chi connectivity index (χ0n) is 14.9. The molecule has 0 aliphatic carbocycles. The molecule has 3 aromatic heterocycles. The lowest BCUT2D eigenvalue weighted by Gasteiger charge is -2.14. The molecule has 0 aliphatic rings. The maximum absolute atomic E-state index is 5.18. The standard InChI is InChI=1S/C17H21N7O.HI/c1-12-15(13(2)25-23-12)10-22-17(18-3)21-9-14-5-4-6-20-16(14)24-8-7-19-11-24;/h4-8,11H,9-10H2,1-3H3,(H2,18,21,22);1H. The van der Waals surface area contributed by atoms with Crippen molar-refractivity contribution >= 4 is 29.9 Å². The molecule has 26 heavy (non-hydrogen) atoms. The molecule has 2 N–H and O–H groups in total. The highest BCUT2D eigenvalue weighted by atomic mass is 127. The number of aromatic nitrogens is 4. The molecule has 0 saturated heterocycles. The Morgan fingerprint density at radius 2 is 2.04 bits per heavy atom. The van der Waals surface area contributed by atoms with Crippen LogP contribution in [0.1, 0.15) is 22.6 Å². The van der Waals surface area contributed by atoms with E-state index in [9.17, 15) is 0 Å². The van der Waals surface area contributed by atoms with Crippen molar-refractivity contribution in [2.24, 2.45) is 4.99 Å². The van der Waals surface area contributed by atoms with Crippen LogP contribution < -0.4 is 10.6 Å². The van der Waals surface area contributed by atoms with Crippen molar-refractivity contribution < 1.29 is 4.52 Å². The molecule has 0 fully saturated rings. The van der Waals surface area contributed by atoms with Crippen LogP contribution in [0.15, 0.2) is 46.6 Å². The van der Waals surface area contributed by atoms with Crippen molar-refractivity contribution in [1.29, 1.82) is 0 Å². The lowest BCUT2D eigenvalue weighted by Crippen LogP contribution is -2.36. The Kier molecular flexibility index (Phi) is 7.13. The number of rotatable bonds is 5. The van der Waals surface area contributed by atoms with Gasteiger partial charge in [0, 0.05) is 49.9 Å². The fourth-order valence-electron chi connectivity index (χ4n) is 2.51. The van der Waals surface area contributed by atoms with Crippen LogP contribution in [-0.4, -0.2) is 32.7 Å². The Labute approximate surface area is 169 Å². The van der Waals surface area contributed by atoms with Gasteiger partial charge in [-0.3, -0.25) is 9.56 Å². The van der Waals surface area contributed by atoms with E-state index >= 15 is 0 Å². The molecule has 138 valence electrons. The number of pyridine rings is 1. The Balaban J connectivity index is 0.00000243. The van der Waals surface area contributed by atoms with E-state index in [1.54, 1.807) is 25.8 Å². The summed E-state index contributed by atoms with van der Waals surface area (Å²) < 4.78 is 7.07. The molecule has 0 atom stereocenters. The Hall–Kier alpha value is -2.43. The lowest BCUT2D eigenvalue weighted by atomic mass is 10.2. The number of aliphatic imine (C=N–C) groups is 1. The molecule has 3 heterocycles. The van der Waals surface area contributed by atoms with Crippen molar-refractivity contribution in [3.63, 3.8) is 0 Å². The monoisotopic (exact) mass is 467 g/mol. The Morgan fingerprint density at radius 1 is 1.23 bits per heavy atom. The maximum Gasteiger partial charge on any atom is 0.191 e. The van der Waals surface area contributed by atoms with Gasteiger partial charge in [-0.15, -0.1) is 24.0 Å². The molecule has 0 aromatic carbocycles. The van der Waals surface area contributed by atoms with E-state index in [-0.39, 0.29) is 24.0 Å². The van der Waals surface area contributed by atoms with Gasteiger partial charge in [-0.2, -0.15) is 0 Å². The summed E-state index contributed by atoms with van der Waals surface area (Å²) in [6, 6.07) is 3.94. The predicted octanol–water partition coefficient (Wildman–Crippen LogP) is 2.36. The first-order chi connectivity index (χ1) is 12.2. The van der Waals surface area contributed by atoms with Gasteiger partial charge in [0.25, 0.3) is 0 Å². The van der Waals surface area contributed by atoms with Crippen molar-refractivity contribution in [1.82, 2.24) is 30.3 Å². The van der Waals surface area contributed by atoms with E-state index in [4.69, 9.17) is 4.52 Å². The molecule has 0 saturated carbocycles. The SMILES string of the molecule is CN=C(NCc1cccnc1-n1ccnc1)NCc1c(C)noc1C.I. The number of guanidine groups is 1. The van der Waals surface area contributed by atoms with Crippen molar-refractivity contribution in [2.75, 3.05) is 7.05 Å². The molecule has 0 bridgehead atoms. The highest BCUT2D eigenvalue weighted by Gasteiger charge is 2.10.